The number of hydrogen-bond donors (Lipinski definition) is 2. The Balaban J connectivity index is 2.13. The molecule has 1 saturated carbocycles. The van der Waals surface area contributed by atoms with Crippen molar-refractivity contribution in [1.29, 1.82) is 0 Å². The molecule has 0 atom stereocenters. The maximum Gasteiger partial charge on any atom is 0.170 e. The Morgan fingerprint density at radius 2 is 2.12 bits per heavy atom. The van der Waals surface area contributed by atoms with Gasteiger partial charge in [-0.1, -0.05) is 18.0 Å². The lowest BCUT2D eigenvalue weighted by Gasteiger charge is -2.10. The monoisotopic (exact) mass is 254 g/mol. The second-order valence-corrected chi connectivity index (χ2v) is 5.50. The Kier molecular flexibility index (Phi) is 3.89. The van der Waals surface area contributed by atoms with Crippen LogP contribution >= 0.6 is 11.8 Å². The summed E-state index contributed by atoms with van der Waals surface area (Å²) in [6, 6.07) is 4.69. The number of oxime groups is 1. The molecule has 1 aromatic carbocycles. The molecular weight excluding hydrogens is 239 g/mol. The summed E-state index contributed by atoms with van der Waals surface area (Å²) < 4.78 is 13.8. The van der Waals surface area contributed by atoms with E-state index in [0.29, 0.717) is 15.7 Å². The highest BCUT2D eigenvalue weighted by molar-refractivity contribution is 8.00. The van der Waals surface area contributed by atoms with Gasteiger partial charge in [0.1, 0.15) is 5.82 Å². The van der Waals surface area contributed by atoms with Gasteiger partial charge in [0.15, 0.2) is 5.84 Å². The summed E-state index contributed by atoms with van der Waals surface area (Å²) >= 11 is 1.59. The van der Waals surface area contributed by atoms with Crippen LogP contribution in [0.5, 0.6) is 0 Å². The molecule has 3 nitrogen and oxygen atoms in total. The summed E-state index contributed by atoms with van der Waals surface area (Å²) in [6.45, 7) is 0. The number of nitrogens with zero attached hydrogens (tertiary/aromatic N) is 1. The lowest BCUT2D eigenvalue weighted by Crippen LogP contribution is -2.13. The van der Waals surface area contributed by atoms with Gasteiger partial charge in [0.05, 0.1) is 0 Å². The third-order valence-electron chi connectivity index (χ3n) is 2.93. The molecule has 0 unspecified atom stereocenters. The van der Waals surface area contributed by atoms with Gasteiger partial charge in [-0.05, 0) is 31.0 Å². The highest BCUT2D eigenvalue weighted by atomic mass is 32.2. The molecule has 1 aliphatic rings. The molecule has 17 heavy (non-hydrogen) atoms. The second kappa shape index (κ2) is 5.40. The largest absolute Gasteiger partial charge is 0.409 e. The zero-order valence-electron chi connectivity index (χ0n) is 9.40. The summed E-state index contributed by atoms with van der Waals surface area (Å²) in [7, 11) is 0. The second-order valence-electron chi connectivity index (χ2n) is 4.15. The molecule has 0 aliphatic heterocycles. The summed E-state index contributed by atoms with van der Waals surface area (Å²) in [6.07, 6.45) is 4.79. The van der Waals surface area contributed by atoms with Crippen LogP contribution in [0.25, 0.3) is 0 Å². The Morgan fingerprint density at radius 3 is 2.71 bits per heavy atom. The van der Waals surface area contributed by atoms with E-state index in [1.807, 2.05) is 0 Å². The van der Waals surface area contributed by atoms with Crippen molar-refractivity contribution in [2.45, 2.75) is 35.8 Å². The molecule has 0 amide bonds. The maximum absolute atomic E-state index is 13.8. The fourth-order valence-electron chi connectivity index (χ4n) is 2.00. The zero-order valence-corrected chi connectivity index (χ0v) is 10.2. The van der Waals surface area contributed by atoms with E-state index in [9.17, 15) is 4.39 Å². The van der Waals surface area contributed by atoms with E-state index in [2.05, 4.69) is 5.16 Å². The summed E-state index contributed by atoms with van der Waals surface area (Å²) in [5, 5.41) is 11.9. The van der Waals surface area contributed by atoms with E-state index in [-0.39, 0.29) is 11.7 Å². The van der Waals surface area contributed by atoms with Crippen molar-refractivity contribution in [2.24, 2.45) is 10.9 Å². The highest BCUT2D eigenvalue weighted by Gasteiger charge is 2.18. The number of rotatable bonds is 3. The molecule has 0 spiro atoms. The molecule has 0 radical (unpaired) electrons. The number of halogens is 1. The van der Waals surface area contributed by atoms with Crippen molar-refractivity contribution in [2.75, 3.05) is 0 Å². The molecule has 1 aliphatic carbocycles. The predicted molar refractivity (Wildman–Crippen MR) is 67.0 cm³/mol. The van der Waals surface area contributed by atoms with Gasteiger partial charge < -0.3 is 10.9 Å². The number of thioether (sulfide) groups is 1. The highest BCUT2D eigenvalue weighted by Crippen LogP contribution is 2.35. The predicted octanol–water partition coefficient (Wildman–Crippen LogP) is 2.95. The van der Waals surface area contributed by atoms with Gasteiger partial charge in [0.2, 0.25) is 0 Å². The summed E-state index contributed by atoms with van der Waals surface area (Å²) in [4.78, 5) is 0.645. The molecule has 3 N–H and O–H groups in total. The Labute approximate surface area is 104 Å². The summed E-state index contributed by atoms with van der Waals surface area (Å²) in [5.74, 6) is -0.368. The fraction of sp³-hybridized carbons (Fsp3) is 0.417. The van der Waals surface area contributed by atoms with E-state index in [1.54, 1.807) is 23.9 Å². The molecule has 5 heteroatoms. The average molecular weight is 254 g/mol. The smallest absolute Gasteiger partial charge is 0.170 e. The Hall–Kier alpha value is -1.23. The third kappa shape index (κ3) is 2.91. The van der Waals surface area contributed by atoms with Crippen LogP contribution in [0.1, 0.15) is 31.2 Å². The fourth-order valence-corrected chi connectivity index (χ4v) is 3.25. The molecular formula is C12H15FN2OS. The van der Waals surface area contributed by atoms with Crippen LogP contribution in [-0.2, 0) is 0 Å². The third-order valence-corrected chi connectivity index (χ3v) is 4.32. The topological polar surface area (TPSA) is 58.6 Å². The molecule has 1 aromatic rings. The molecule has 0 heterocycles. The van der Waals surface area contributed by atoms with Crippen LogP contribution in [-0.4, -0.2) is 16.3 Å². The van der Waals surface area contributed by atoms with Gasteiger partial charge in [-0.2, -0.15) is 0 Å². The van der Waals surface area contributed by atoms with Crippen molar-refractivity contribution in [1.82, 2.24) is 0 Å². The van der Waals surface area contributed by atoms with Crippen LogP contribution in [0.3, 0.4) is 0 Å². The van der Waals surface area contributed by atoms with Crippen molar-refractivity contribution in [3.63, 3.8) is 0 Å². The van der Waals surface area contributed by atoms with Gasteiger partial charge in [-0.25, -0.2) is 4.39 Å². The first kappa shape index (κ1) is 12.2. The number of amidine groups is 1. The molecule has 1 fully saturated rings. The van der Waals surface area contributed by atoms with E-state index in [1.165, 1.54) is 18.9 Å². The quantitative estimate of drug-likeness (QED) is 0.377. The van der Waals surface area contributed by atoms with E-state index >= 15 is 0 Å². The molecule has 0 aromatic heterocycles. The Bertz CT molecular complexity index is 431. The lowest BCUT2D eigenvalue weighted by atomic mass is 10.2. The first-order valence-corrected chi connectivity index (χ1v) is 6.53. The van der Waals surface area contributed by atoms with Crippen LogP contribution < -0.4 is 5.73 Å². The number of benzene rings is 1. The van der Waals surface area contributed by atoms with Gasteiger partial charge in [0.25, 0.3) is 0 Å². The average Bonchev–Trinajstić information content (AvgIpc) is 2.83. The van der Waals surface area contributed by atoms with Gasteiger partial charge in [-0.3, -0.25) is 0 Å². The maximum atomic E-state index is 13.8. The molecule has 92 valence electrons. The number of nitrogens with two attached hydrogens (primary N) is 1. The molecule has 0 saturated heterocycles. The number of hydrogen-bond acceptors (Lipinski definition) is 3. The van der Waals surface area contributed by atoms with Crippen molar-refractivity contribution in [3.05, 3.63) is 29.6 Å². The van der Waals surface area contributed by atoms with Gasteiger partial charge in [0, 0.05) is 15.7 Å². The van der Waals surface area contributed by atoms with E-state index in [0.717, 1.165) is 12.8 Å². The normalized spacial score (nSPS) is 17.6. The van der Waals surface area contributed by atoms with Crippen LogP contribution in [0, 0.1) is 5.82 Å². The van der Waals surface area contributed by atoms with Crippen molar-refractivity contribution < 1.29 is 9.60 Å². The lowest BCUT2D eigenvalue weighted by molar-refractivity contribution is 0.318. The minimum absolute atomic E-state index is 0.0682. The van der Waals surface area contributed by atoms with Crippen molar-refractivity contribution in [3.8, 4) is 0 Å². The van der Waals surface area contributed by atoms with Gasteiger partial charge >= 0.3 is 0 Å². The van der Waals surface area contributed by atoms with Gasteiger partial charge in [-0.15, -0.1) is 11.8 Å². The molecule has 0 bridgehead atoms. The minimum Gasteiger partial charge on any atom is -0.409 e. The zero-order chi connectivity index (χ0) is 12.3. The van der Waals surface area contributed by atoms with E-state index in [4.69, 9.17) is 10.9 Å². The SMILES string of the molecule is NC(=NO)c1ccc(SC2CCCC2)c(F)c1. The molecule has 2 rings (SSSR count). The van der Waals surface area contributed by atoms with Crippen LogP contribution in [0.15, 0.2) is 28.3 Å². The first-order valence-electron chi connectivity index (χ1n) is 5.65. The first-order chi connectivity index (χ1) is 8.20. The van der Waals surface area contributed by atoms with Crippen molar-refractivity contribution >= 4 is 17.6 Å². The van der Waals surface area contributed by atoms with Crippen LogP contribution in [0.2, 0.25) is 0 Å². The summed E-state index contributed by atoms with van der Waals surface area (Å²) in [5.41, 5.74) is 5.81. The standard InChI is InChI=1S/C12H15FN2OS/c13-10-7-8(12(14)15-16)5-6-11(10)17-9-3-1-2-4-9/h5-7,9,16H,1-4H2,(H2,14,15). The Morgan fingerprint density at radius 1 is 1.41 bits per heavy atom. The minimum atomic E-state index is -0.300. The van der Waals surface area contributed by atoms with Crippen LogP contribution in [0.4, 0.5) is 4.39 Å². The van der Waals surface area contributed by atoms with E-state index < -0.39 is 0 Å².